The number of benzene rings is 1. The number of carbonyl (C=O) groups is 1. The van der Waals surface area contributed by atoms with Gasteiger partial charge in [-0.2, -0.15) is 0 Å². The smallest absolute Gasteiger partial charge is 0.231 e. The van der Waals surface area contributed by atoms with Gasteiger partial charge in [0.1, 0.15) is 5.01 Å². The third kappa shape index (κ3) is 3.79. The van der Waals surface area contributed by atoms with E-state index >= 15 is 0 Å². The van der Waals surface area contributed by atoms with Crippen LogP contribution < -0.4 is 11.1 Å². The highest BCUT2D eigenvalue weighted by molar-refractivity contribution is 7.13. The second kappa shape index (κ2) is 6.83. The van der Waals surface area contributed by atoms with Gasteiger partial charge < -0.3 is 11.1 Å². The molecule has 1 aromatic carbocycles. The largest absolute Gasteiger partial charge is 0.329 e. The van der Waals surface area contributed by atoms with E-state index < -0.39 is 5.41 Å². The van der Waals surface area contributed by atoms with E-state index in [-0.39, 0.29) is 18.3 Å². The Hall–Kier alpha value is -1.43. The number of amides is 1. The summed E-state index contributed by atoms with van der Waals surface area (Å²) in [4.78, 5) is 16.2. The van der Waals surface area contributed by atoms with Crippen molar-refractivity contribution in [1.82, 2.24) is 4.98 Å². The van der Waals surface area contributed by atoms with E-state index in [2.05, 4.69) is 10.3 Å². The maximum Gasteiger partial charge on any atom is 0.231 e. The Morgan fingerprint density at radius 1 is 1.35 bits per heavy atom. The van der Waals surface area contributed by atoms with Gasteiger partial charge in [0.05, 0.1) is 5.41 Å². The summed E-state index contributed by atoms with van der Waals surface area (Å²) < 4.78 is 0. The number of nitrogens with one attached hydrogen (secondary N) is 1. The molecule has 0 atom stereocenters. The van der Waals surface area contributed by atoms with Crippen LogP contribution in [0.4, 0.5) is 5.69 Å². The monoisotopic (exact) mass is 311 g/mol. The van der Waals surface area contributed by atoms with Crippen LogP contribution >= 0.6 is 23.7 Å². The highest BCUT2D eigenvalue weighted by Gasteiger charge is 2.25. The van der Waals surface area contributed by atoms with Gasteiger partial charge in [0, 0.05) is 29.4 Å². The van der Waals surface area contributed by atoms with Gasteiger partial charge in [0.25, 0.3) is 0 Å². The number of nitrogens with two attached hydrogens (primary N) is 1. The summed E-state index contributed by atoms with van der Waals surface area (Å²) in [7, 11) is 0. The van der Waals surface area contributed by atoms with Crippen molar-refractivity contribution in [1.29, 1.82) is 0 Å². The van der Waals surface area contributed by atoms with E-state index in [0.29, 0.717) is 6.54 Å². The van der Waals surface area contributed by atoms with E-state index in [1.54, 1.807) is 17.5 Å². The lowest BCUT2D eigenvalue weighted by atomic mass is 9.92. The summed E-state index contributed by atoms with van der Waals surface area (Å²) in [5, 5.41) is 5.78. The average Bonchev–Trinajstić information content (AvgIpc) is 2.93. The van der Waals surface area contributed by atoms with Crippen molar-refractivity contribution in [2.75, 3.05) is 11.9 Å². The molecule has 0 spiro atoms. The molecule has 0 fully saturated rings. The van der Waals surface area contributed by atoms with Crippen molar-refractivity contribution in [3.8, 4) is 10.6 Å². The summed E-state index contributed by atoms with van der Waals surface area (Å²) in [5.74, 6) is -0.0722. The Morgan fingerprint density at radius 3 is 2.50 bits per heavy atom. The third-order valence-electron chi connectivity index (χ3n) is 2.95. The predicted octanol–water partition coefficient (Wildman–Crippen LogP) is 3.16. The number of rotatable bonds is 4. The number of halogens is 1. The molecule has 2 rings (SSSR count). The first-order valence-corrected chi connectivity index (χ1v) is 6.92. The molecule has 4 nitrogen and oxygen atoms in total. The third-order valence-corrected chi connectivity index (χ3v) is 3.77. The zero-order valence-electron chi connectivity index (χ0n) is 11.4. The van der Waals surface area contributed by atoms with Gasteiger partial charge in [0.2, 0.25) is 5.91 Å². The molecule has 0 unspecified atom stereocenters. The first kappa shape index (κ1) is 16.6. The summed E-state index contributed by atoms with van der Waals surface area (Å²) in [6, 6.07) is 7.65. The minimum absolute atomic E-state index is 0. The highest BCUT2D eigenvalue weighted by Crippen LogP contribution is 2.24. The van der Waals surface area contributed by atoms with E-state index in [1.807, 2.05) is 43.5 Å². The second-order valence-electron chi connectivity index (χ2n) is 4.96. The van der Waals surface area contributed by atoms with Crippen molar-refractivity contribution in [3.63, 3.8) is 0 Å². The highest BCUT2D eigenvalue weighted by atomic mass is 35.5. The molecule has 0 aliphatic rings. The van der Waals surface area contributed by atoms with Crippen molar-refractivity contribution < 1.29 is 4.79 Å². The van der Waals surface area contributed by atoms with Gasteiger partial charge >= 0.3 is 0 Å². The van der Waals surface area contributed by atoms with Crippen LogP contribution in [0.15, 0.2) is 35.8 Å². The zero-order chi connectivity index (χ0) is 13.9. The molecule has 0 aliphatic carbocycles. The molecule has 0 radical (unpaired) electrons. The number of carbonyl (C=O) groups excluding carboxylic acids is 1. The zero-order valence-corrected chi connectivity index (χ0v) is 13.1. The summed E-state index contributed by atoms with van der Waals surface area (Å²) in [5.41, 5.74) is 6.84. The molecule has 0 saturated carbocycles. The Bertz CT molecular complexity index is 552. The summed E-state index contributed by atoms with van der Waals surface area (Å²) in [6.45, 7) is 3.97. The molecule has 1 amide bonds. The molecule has 2 aromatic rings. The Morgan fingerprint density at radius 2 is 2.00 bits per heavy atom. The molecule has 0 bridgehead atoms. The van der Waals surface area contributed by atoms with Crippen LogP contribution in [0.2, 0.25) is 0 Å². The lowest BCUT2D eigenvalue weighted by Gasteiger charge is -2.21. The van der Waals surface area contributed by atoms with Gasteiger partial charge in [0.15, 0.2) is 0 Å². The first-order chi connectivity index (χ1) is 9.03. The SMILES string of the molecule is CC(C)(CN)C(=O)Nc1ccc(-c2nccs2)cc1.Cl. The quantitative estimate of drug-likeness (QED) is 0.911. The molecular weight excluding hydrogens is 294 g/mol. The van der Waals surface area contributed by atoms with Gasteiger partial charge in [-0.25, -0.2) is 4.98 Å². The summed E-state index contributed by atoms with van der Waals surface area (Å²) in [6.07, 6.45) is 1.78. The van der Waals surface area contributed by atoms with Crippen LogP contribution in [-0.2, 0) is 4.79 Å². The Labute approximate surface area is 128 Å². The second-order valence-corrected chi connectivity index (χ2v) is 5.85. The van der Waals surface area contributed by atoms with Crippen LogP contribution in [0.5, 0.6) is 0 Å². The van der Waals surface area contributed by atoms with E-state index in [4.69, 9.17) is 5.73 Å². The van der Waals surface area contributed by atoms with E-state index in [0.717, 1.165) is 16.3 Å². The lowest BCUT2D eigenvalue weighted by molar-refractivity contribution is -0.123. The number of anilines is 1. The molecular formula is C14H18ClN3OS. The van der Waals surface area contributed by atoms with Crippen molar-refractivity contribution in [2.45, 2.75) is 13.8 Å². The molecule has 6 heteroatoms. The van der Waals surface area contributed by atoms with Crippen LogP contribution in [0.3, 0.4) is 0 Å². The van der Waals surface area contributed by atoms with E-state index in [9.17, 15) is 4.79 Å². The van der Waals surface area contributed by atoms with Gasteiger partial charge in [-0.3, -0.25) is 4.79 Å². The Kier molecular flexibility index (Phi) is 5.68. The fourth-order valence-electron chi connectivity index (χ4n) is 1.46. The standard InChI is InChI=1S/C14H17N3OS.ClH/c1-14(2,9-15)13(18)17-11-5-3-10(4-6-11)12-16-7-8-19-12;/h3-8H,9,15H2,1-2H3,(H,17,18);1H. The van der Waals surface area contributed by atoms with Crippen molar-refractivity contribution in [2.24, 2.45) is 11.1 Å². The van der Waals surface area contributed by atoms with Crippen molar-refractivity contribution in [3.05, 3.63) is 35.8 Å². The number of thiazole rings is 1. The van der Waals surface area contributed by atoms with Crippen LogP contribution in [0, 0.1) is 5.41 Å². The molecule has 1 heterocycles. The minimum Gasteiger partial charge on any atom is -0.329 e. The van der Waals surface area contributed by atoms with E-state index in [1.165, 1.54) is 0 Å². The van der Waals surface area contributed by atoms with Gasteiger partial charge in [-0.1, -0.05) is 0 Å². The lowest BCUT2D eigenvalue weighted by Crippen LogP contribution is -2.37. The molecule has 108 valence electrons. The van der Waals surface area contributed by atoms with Gasteiger partial charge in [-0.15, -0.1) is 23.7 Å². The molecule has 20 heavy (non-hydrogen) atoms. The maximum absolute atomic E-state index is 12.0. The average molecular weight is 312 g/mol. The molecule has 0 aliphatic heterocycles. The van der Waals surface area contributed by atoms with Crippen LogP contribution in [-0.4, -0.2) is 17.4 Å². The molecule has 3 N–H and O–H groups in total. The fraction of sp³-hybridized carbons (Fsp3) is 0.286. The van der Waals surface area contributed by atoms with Gasteiger partial charge in [-0.05, 0) is 38.1 Å². The number of nitrogens with zero attached hydrogens (tertiary/aromatic N) is 1. The topological polar surface area (TPSA) is 68.0 Å². The molecule has 0 saturated heterocycles. The fourth-order valence-corrected chi connectivity index (χ4v) is 2.10. The van der Waals surface area contributed by atoms with Crippen molar-refractivity contribution >= 4 is 35.3 Å². The number of hydrogen-bond acceptors (Lipinski definition) is 4. The number of aromatic nitrogens is 1. The predicted molar refractivity (Wildman–Crippen MR) is 86.3 cm³/mol. The summed E-state index contributed by atoms with van der Waals surface area (Å²) >= 11 is 1.59. The first-order valence-electron chi connectivity index (χ1n) is 6.04. The minimum atomic E-state index is -0.562. The Balaban J connectivity index is 0.00000200. The van der Waals surface area contributed by atoms with Crippen LogP contribution in [0.1, 0.15) is 13.8 Å². The normalized spacial score (nSPS) is 10.8. The van der Waals surface area contributed by atoms with Crippen LogP contribution in [0.25, 0.3) is 10.6 Å². The molecule has 1 aromatic heterocycles. The maximum atomic E-state index is 12.0. The number of hydrogen-bond donors (Lipinski definition) is 2.